The Labute approximate surface area is 69.8 Å². The lowest BCUT2D eigenvalue weighted by Crippen LogP contribution is -2.05. The highest BCUT2D eigenvalue weighted by molar-refractivity contribution is 8.52. The van der Waals surface area contributed by atoms with Crippen molar-refractivity contribution in [2.45, 2.75) is 20.0 Å². The summed E-state index contributed by atoms with van der Waals surface area (Å²) in [5, 5.41) is 1.15. The van der Waals surface area contributed by atoms with Gasteiger partial charge in [0, 0.05) is 0 Å². The molecule has 0 amide bonds. The zero-order valence-electron chi connectivity index (χ0n) is 6.16. The summed E-state index contributed by atoms with van der Waals surface area (Å²) in [4.78, 5) is 4.19. The summed E-state index contributed by atoms with van der Waals surface area (Å²) in [6, 6.07) is 0. The first-order valence-electron chi connectivity index (χ1n) is 3.20. The fourth-order valence-corrected chi connectivity index (χ4v) is 1.62. The zero-order valence-corrected chi connectivity index (χ0v) is 7.80. The molecule has 4 heteroatoms. The second kappa shape index (κ2) is 4.26. The molecule has 10 heavy (non-hydrogen) atoms. The SMILES string of the molecule is CC(C)OCN=C1SCS1. The third-order valence-corrected chi connectivity index (χ3v) is 3.37. The lowest BCUT2D eigenvalue weighted by Gasteiger charge is -2.13. The van der Waals surface area contributed by atoms with Gasteiger partial charge in [-0.1, -0.05) is 23.5 Å². The van der Waals surface area contributed by atoms with Crippen LogP contribution in [0, 0.1) is 0 Å². The monoisotopic (exact) mass is 177 g/mol. The molecule has 1 aliphatic heterocycles. The molecule has 0 aromatic heterocycles. The average Bonchev–Trinajstić information content (AvgIpc) is 1.75. The number of aliphatic imine (C=N–C) groups is 1. The van der Waals surface area contributed by atoms with Crippen molar-refractivity contribution >= 4 is 27.9 Å². The molecule has 1 rings (SSSR count). The summed E-state index contributed by atoms with van der Waals surface area (Å²) in [6.45, 7) is 4.55. The Bertz CT molecular complexity index is 130. The lowest BCUT2D eigenvalue weighted by molar-refractivity contribution is 0.0858. The predicted molar refractivity (Wildman–Crippen MR) is 48.6 cm³/mol. The van der Waals surface area contributed by atoms with Gasteiger partial charge in [-0.2, -0.15) is 0 Å². The highest BCUT2D eigenvalue weighted by Gasteiger charge is 2.10. The Morgan fingerprint density at radius 2 is 2.30 bits per heavy atom. The van der Waals surface area contributed by atoms with E-state index in [-0.39, 0.29) is 0 Å². The van der Waals surface area contributed by atoms with Crippen molar-refractivity contribution < 1.29 is 4.74 Å². The molecule has 1 heterocycles. The van der Waals surface area contributed by atoms with Crippen LogP contribution in [0.2, 0.25) is 0 Å². The first kappa shape index (κ1) is 8.43. The van der Waals surface area contributed by atoms with Crippen LogP contribution in [0.25, 0.3) is 0 Å². The predicted octanol–water partition coefficient (Wildman–Crippen LogP) is 2.16. The van der Waals surface area contributed by atoms with E-state index in [1.165, 1.54) is 4.38 Å². The summed E-state index contributed by atoms with van der Waals surface area (Å²) < 4.78 is 6.40. The van der Waals surface area contributed by atoms with Crippen molar-refractivity contribution in [2.24, 2.45) is 4.99 Å². The molecule has 0 saturated carbocycles. The Balaban J connectivity index is 2.03. The van der Waals surface area contributed by atoms with Gasteiger partial charge in [-0.3, -0.25) is 0 Å². The highest BCUT2D eigenvalue weighted by Crippen LogP contribution is 2.32. The molecule has 0 aromatic rings. The molecule has 2 nitrogen and oxygen atoms in total. The molecule has 0 spiro atoms. The molecule has 0 atom stereocenters. The molecule has 0 bridgehead atoms. The van der Waals surface area contributed by atoms with Crippen LogP contribution in [0.3, 0.4) is 0 Å². The Hall–Kier alpha value is 0.330. The van der Waals surface area contributed by atoms with Crippen LogP contribution in [0.1, 0.15) is 13.8 Å². The van der Waals surface area contributed by atoms with Gasteiger partial charge in [0.25, 0.3) is 0 Å². The van der Waals surface area contributed by atoms with Gasteiger partial charge in [0.05, 0.1) is 11.2 Å². The van der Waals surface area contributed by atoms with E-state index < -0.39 is 0 Å². The number of hydrogen-bond donors (Lipinski definition) is 0. The number of rotatable bonds is 3. The molecule has 1 fully saturated rings. The lowest BCUT2D eigenvalue weighted by atomic mass is 10.5. The molecule has 1 aliphatic rings. The van der Waals surface area contributed by atoms with E-state index in [9.17, 15) is 0 Å². The minimum Gasteiger partial charge on any atom is -0.357 e. The Kier molecular flexibility index (Phi) is 3.59. The first-order chi connectivity index (χ1) is 4.79. The smallest absolute Gasteiger partial charge is 0.139 e. The maximum atomic E-state index is 5.23. The molecule has 58 valence electrons. The van der Waals surface area contributed by atoms with Crippen molar-refractivity contribution in [1.82, 2.24) is 0 Å². The molecular weight excluding hydrogens is 166 g/mol. The van der Waals surface area contributed by atoms with E-state index in [1.54, 1.807) is 23.5 Å². The second-order valence-electron chi connectivity index (χ2n) is 2.18. The number of ether oxygens (including phenoxy) is 1. The van der Waals surface area contributed by atoms with Gasteiger partial charge in [-0.15, -0.1) is 0 Å². The summed E-state index contributed by atoms with van der Waals surface area (Å²) in [6.07, 6.45) is 0.291. The molecule has 0 N–H and O–H groups in total. The summed E-state index contributed by atoms with van der Waals surface area (Å²) >= 11 is 3.58. The van der Waals surface area contributed by atoms with Crippen molar-refractivity contribution in [2.75, 3.05) is 11.8 Å². The van der Waals surface area contributed by atoms with Crippen molar-refractivity contribution in [3.05, 3.63) is 0 Å². The number of hydrogen-bond acceptors (Lipinski definition) is 4. The molecule has 0 radical (unpaired) electrons. The van der Waals surface area contributed by atoms with Crippen LogP contribution in [-0.2, 0) is 4.74 Å². The van der Waals surface area contributed by atoms with Crippen molar-refractivity contribution in [3.8, 4) is 0 Å². The third-order valence-electron chi connectivity index (χ3n) is 0.966. The molecule has 0 aromatic carbocycles. The van der Waals surface area contributed by atoms with Gasteiger partial charge in [-0.25, -0.2) is 4.99 Å². The highest BCUT2D eigenvalue weighted by atomic mass is 32.3. The quantitative estimate of drug-likeness (QED) is 0.659. The van der Waals surface area contributed by atoms with Gasteiger partial charge in [0.15, 0.2) is 0 Å². The topological polar surface area (TPSA) is 21.6 Å². The van der Waals surface area contributed by atoms with E-state index in [0.717, 1.165) is 5.08 Å². The Morgan fingerprint density at radius 1 is 1.60 bits per heavy atom. The summed E-state index contributed by atoms with van der Waals surface area (Å²) in [5.41, 5.74) is 0. The van der Waals surface area contributed by atoms with Gasteiger partial charge < -0.3 is 4.74 Å². The van der Waals surface area contributed by atoms with Crippen molar-refractivity contribution in [3.63, 3.8) is 0 Å². The fraction of sp³-hybridized carbons (Fsp3) is 0.833. The summed E-state index contributed by atoms with van der Waals surface area (Å²) in [7, 11) is 0. The maximum Gasteiger partial charge on any atom is 0.139 e. The average molecular weight is 177 g/mol. The zero-order chi connectivity index (χ0) is 7.40. The Morgan fingerprint density at radius 3 is 2.70 bits per heavy atom. The van der Waals surface area contributed by atoms with Crippen LogP contribution >= 0.6 is 23.5 Å². The molecular formula is C6H11NOS2. The van der Waals surface area contributed by atoms with E-state index in [0.29, 0.717) is 12.8 Å². The van der Waals surface area contributed by atoms with Crippen LogP contribution in [0.4, 0.5) is 0 Å². The molecule has 0 aliphatic carbocycles. The largest absolute Gasteiger partial charge is 0.357 e. The minimum absolute atomic E-state index is 0.291. The fourth-order valence-electron chi connectivity index (χ4n) is 0.442. The van der Waals surface area contributed by atoms with E-state index >= 15 is 0 Å². The van der Waals surface area contributed by atoms with Crippen molar-refractivity contribution in [1.29, 1.82) is 0 Å². The van der Waals surface area contributed by atoms with Crippen LogP contribution in [0.5, 0.6) is 0 Å². The van der Waals surface area contributed by atoms with Gasteiger partial charge >= 0.3 is 0 Å². The summed E-state index contributed by atoms with van der Waals surface area (Å²) in [5.74, 6) is 0. The second-order valence-corrected chi connectivity index (χ2v) is 4.73. The van der Waals surface area contributed by atoms with Crippen LogP contribution in [-0.4, -0.2) is 22.3 Å². The van der Waals surface area contributed by atoms with E-state index in [1.807, 2.05) is 13.8 Å². The minimum atomic E-state index is 0.291. The normalized spacial score (nSPS) is 17.3. The van der Waals surface area contributed by atoms with E-state index in [2.05, 4.69) is 4.99 Å². The van der Waals surface area contributed by atoms with Gasteiger partial charge in [0.1, 0.15) is 11.1 Å². The standard InChI is InChI=1S/C6H11NOS2/c1-5(2)8-3-7-6-9-4-10-6/h5H,3-4H2,1-2H3. The van der Waals surface area contributed by atoms with Crippen LogP contribution < -0.4 is 0 Å². The van der Waals surface area contributed by atoms with E-state index in [4.69, 9.17) is 4.74 Å². The third kappa shape index (κ3) is 2.94. The first-order valence-corrected chi connectivity index (χ1v) is 5.18. The van der Waals surface area contributed by atoms with Crippen LogP contribution in [0.15, 0.2) is 4.99 Å². The number of nitrogens with zero attached hydrogens (tertiary/aromatic N) is 1. The number of thioether (sulfide) groups is 2. The van der Waals surface area contributed by atoms with Gasteiger partial charge in [-0.05, 0) is 13.8 Å². The maximum absolute atomic E-state index is 5.23. The molecule has 1 saturated heterocycles. The molecule has 0 unspecified atom stereocenters. The van der Waals surface area contributed by atoms with Gasteiger partial charge in [0.2, 0.25) is 0 Å².